The van der Waals surface area contributed by atoms with Crippen LogP contribution in [-0.2, 0) is 29.1 Å². The van der Waals surface area contributed by atoms with Gasteiger partial charge in [0.2, 0.25) is 11.8 Å². The standard InChI is InChI=1S/C37H37N5O5/c1-2-20-40-26-35(44)41-33(22-27-16-18-30(43)19-17-27)36(45)39(24-29-12-9-15-32(21-29)47-31-13-7-4-8-14-31)25-34(41)42(40)37(46)38-23-28-10-5-3-6-11-28/h2-19,21,33-34,43H,1,20,22-26H2,(H,38,46). The summed E-state index contributed by atoms with van der Waals surface area (Å²) in [6.45, 7) is 4.68. The van der Waals surface area contributed by atoms with E-state index in [9.17, 15) is 19.5 Å². The molecule has 0 bridgehead atoms. The van der Waals surface area contributed by atoms with Crippen molar-refractivity contribution in [2.24, 2.45) is 0 Å². The summed E-state index contributed by atoms with van der Waals surface area (Å²) in [6.07, 6.45) is 1.10. The van der Waals surface area contributed by atoms with Gasteiger partial charge in [-0.2, -0.15) is 0 Å². The minimum atomic E-state index is -0.871. The lowest BCUT2D eigenvalue weighted by atomic mass is 9.98. The Balaban J connectivity index is 1.32. The predicted molar refractivity (Wildman–Crippen MR) is 177 cm³/mol. The number of piperazine rings is 1. The van der Waals surface area contributed by atoms with Crippen molar-refractivity contribution >= 4 is 17.8 Å². The average Bonchev–Trinajstić information content (AvgIpc) is 3.08. The molecule has 0 spiro atoms. The van der Waals surface area contributed by atoms with Crippen molar-refractivity contribution in [3.05, 3.63) is 139 Å². The summed E-state index contributed by atoms with van der Waals surface area (Å²) in [4.78, 5) is 45.3. The number of phenols is 1. The monoisotopic (exact) mass is 631 g/mol. The third-order valence-electron chi connectivity index (χ3n) is 8.28. The van der Waals surface area contributed by atoms with Gasteiger partial charge in [0.1, 0.15) is 29.5 Å². The molecule has 0 saturated carbocycles. The highest BCUT2D eigenvalue weighted by Gasteiger charge is 2.51. The lowest BCUT2D eigenvalue weighted by Gasteiger charge is -2.55. The van der Waals surface area contributed by atoms with Gasteiger partial charge >= 0.3 is 6.03 Å². The Labute approximate surface area is 274 Å². The van der Waals surface area contributed by atoms with Crippen molar-refractivity contribution in [3.8, 4) is 17.2 Å². The van der Waals surface area contributed by atoms with Gasteiger partial charge in [0.25, 0.3) is 0 Å². The van der Waals surface area contributed by atoms with Crippen molar-refractivity contribution in [2.75, 3.05) is 19.6 Å². The lowest BCUT2D eigenvalue weighted by molar-refractivity contribution is -0.189. The number of nitrogens with one attached hydrogen (secondary N) is 1. The molecular formula is C37H37N5O5. The van der Waals surface area contributed by atoms with Crippen LogP contribution in [0, 0.1) is 0 Å². The molecule has 2 atom stereocenters. The third-order valence-corrected chi connectivity index (χ3v) is 8.28. The summed E-state index contributed by atoms with van der Waals surface area (Å²) in [7, 11) is 0. The van der Waals surface area contributed by atoms with E-state index in [0.717, 1.165) is 16.7 Å². The molecule has 6 rings (SSSR count). The quantitative estimate of drug-likeness (QED) is 0.241. The van der Waals surface area contributed by atoms with E-state index in [4.69, 9.17) is 4.74 Å². The van der Waals surface area contributed by atoms with Gasteiger partial charge in [-0.05, 0) is 53.1 Å². The van der Waals surface area contributed by atoms with E-state index in [1.807, 2.05) is 84.9 Å². The zero-order chi connectivity index (χ0) is 32.8. The molecule has 2 aliphatic rings. The Morgan fingerprint density at radius 3 is 2.28 bits per heavy atom. The van der Waals surface area contributed by atoms with E-state index in [0.29, 0.717) is 18.0 Å². The van der Waals surface area contributed by atoms with E-state index >= 15 is 0 Å². The number of hydrazine groups is 1. The smallest absolute Gasteiger partial charge is 0.334 e. The van der Waals surface area contributed by atoms with Crippen molar-refractivity contribution in [2.45, 2.75) is 31.7 Å². The first-order valence-corrected chi connectivity index (χ1v) is 15.6. The van der Waals surface area contributed by atoms with Crippen LogP contribution in [0.5, 0.6) is 17.2 Å². The van der Waals surface area contributed by atoms with Crippen LogP contribution in [0.1, 0.15) is 16.7 Å². The number of benzene rings is 4. The minimum absolute atomic E-state index is 0.0838. The molecule has 2 saturated heterocycles. The first-order chi connectivity index (χ1) is 22.9. The summed E-state index contributed by atoms with van der Waals surface area (Å²) in [5.41, 5.74) is 2.56. The number of ether oxygens (including phenoxy) is 1. The second-order valence-electron chi connectivity index (χ2n) is 11.6. The van der Waals surface area contributed by atoms with Gasteiger partial charge in [0.15, 0.2) is 0 Å². The summed E-state index contributed by atoms with van der Waals surface area (Å²) < 4.78 is 6.04. The maximum atomic E-state index is 14.3. The molecule has 2 fully saturated rings. The number of aromatic hydroxyl groups is 1. The first-order valence-electron chi connectivity index (χ1n) is 15.6. The molecule has 4 amide bonds. The second-order valence-corrected chi connectivity index (χ2v) is 11.6. The number of amides is 4. The molecule has 4 aromatic rings. The summed E-state index contributed by atoms with van der Waals surface area (Å²) in [6, 6.07) is 31.9. The van der Waals surface area contributed by atoms with E-state index in [1.54, 1.807) is 50.2 Å². The van der Waals surface area contributed by atoms with Crippen LogP contribution in [0.2, 0.25) is 0 Å². The van der Waals surface area contributed by atoms with Crippen LogP contribution in [0.3, 0.4) is 0 Å². The summed E-state index contributed by atoms with van der Waals surface area (Å²) in [5, 5.41) is 16.1. The zero-order valence-electron chi connectivity index (χ0n) is 25.9. The zero-order valence-corrected chi connectivity index (χ0v) is 25.9. The molecule has 2 aliphatic heterocycles. The summed E-state index contributed by atoms with van der Waals surface area (Å²) in [5.74, 6) is 0.963. The van der Waals surface area contributed by atoms with E-state index in [2.05, 4.69) is 11.9 Å². The van der Waals surface area contributed by atoms with Crippen molar-refractivity contribution in [1.29, 1.82) is 0 Å². The number of para-hydroxylation sites is 1. The van der Waals surface area contributed by atoms with E-state index < -0.39 is 12.2 Å². The predicted octanol–water partition coefficient (Wildman–Crippen LogP) is 4.92. The van der Waals surface area contributed by atoms with Gasteiger partial charge < -0.3 is 25.0 Å². The van der Waals surface area contributed by atoms with Crippen LogP contribution in [0.25, 0.3) is 0 Å². The maximum Gasteiger partial charge on any atom is 0.334 e. The molecule has 47 heavy (non-hydrogen) atoms. The molecule has 0 radical (unpaired) electrons. The number of phenolic OH excluding ortho intramolecular Hbond substituents is 1. The molecule has 4 aromatic carbocycles. The number of fused-ring (bicyclic) bond motifs is 1. The lowest BCUT2D eigenvalue weighted by Crippen LogP contribution is -2.76. The Hall–Kier alpha value is -5.61. The van der Waals surface area contributed by atoms with Gasteiger partial charge in [-0.3, -0.25) is 9.59 Å². The second kappa shape index (κ2) is 14.2. The largest absolute Gasteiger partial charge is 0.508 e. The molecule has 0 aliphatic carbocycles. The van der Waals surface area contributed by atoms with Gasteiger partial charge in [0.05, 0.1) is 13.1 Å². The Kier molecular flexibility index (Phi) is 9.49. The Morgan fingerprint density at radius 2 is 1.55 bits per heavy atom. The highest BCUT2D eigenvalue weighted by Crippen LogP contribution is 2.30. The number of nitrogens with zero attached hydrogens (tertiary/aromatic N) is 4. The Morgan fingerprint density at radius 1 is 0.872 bits per heavy atom. The summed E-state index contributed by atoms with van der Waals surface area (Å²) >= 11 is 0. The fourth-order valence-corrected chi connectivity index (χ4v) is 6.11. The fourth-order valence-electron chi connectivity index (χ4n) is 6.11. The number of urea groups is 1. The van der Waals surface area contributed by atoms with Gasteiger partial charge in [-0.1, -0.05) is 78.9 Å². The first kappa shape index (κ1) is 31.4. The third kappa shape index (κ3) is 7.29. The van der Waals surface area contributed by atoms with Gasteiger partial charge in [-0.25, -0.2) is 14.8 Å². The molecular weight excluding hydrogens is 594 g/mol. The number of carbonyl (C=O) groups excluding carboxylic acids is 3. The molecule has 2 unspecified atom stereocenters. The van der Waals surface area contributed by atoms with Crippen molar-refractivity contribution in [1.82, 2.24) is 25.1 Å². The number of hydrogen-bond donors (Lipinski definition) is 2. The van der Waals surface area contributed by atoms with Crippen LogP contribution >= 0.6 is 0 Å². The Bertz CT molecular complexity index is 1720. The van der Waals surface area contributed by atoms with Crippen molar-refractivity contribution < 1.29 is 24.2 Å². The van der Waals surface area contributed by atoms with Crippen LogP contribution in [-0.4, -0.2) is 74.6 Å². The minimum Gasteiger partial charge on any atom is -0.508 e. The molecule has 2 N–H and O–H groups in total. The molecule has 10 heteroatoms. The molecule has 240 valence electrons. The number of carbonyl (C=O) groups is 3. The van der Waals surface area contributed by atoms with E-state index in [-0.39, 0.29) is 56.2 Å². The topological polar surface area (TPSA) is 106 Å². The normalized spacial score (nSPS) is 18.1. The molecule has 10 nitrogen and oxygen atoms in total. The molecule has 0 aromatic heterocycles. The van der Waals surface area contributed by atoms with Crippen LogP contribution in [0.15, 0.2) is 122 Å². The highest BCUT2D eigenvalue weighted by atomic mass is 16.5. The van der Waals surface area contributed by atoms with E-state index in [1.165, 1.54) is 0 Å². The fraction of sp³-hybridized carbons (Fsp3) is 0.216. The van der Waals surface area contributed by atoms with Gasteiger partial charge in [-0.15, -0.1) is 6.58 Å². The van der Waals surface area contributed by atoms with Gasteiger partial charge in [0, 0.05) is 26.1 Å². The molecule has 2 heterocycles. The maximum absolute atomic E-state index is 14.3. The average molecular weight is 632 g/mol. The SMILES string of the molecule is C=CCN1CC(=O)N2C(Cc3ccc(O)cc3)C(=O)N(Cc3cccc(Oc4ccccc4)c3)CC2N1C(=O)NCc1ccccc1. The number of hydrogen-bond acceptors (Lipinski definition) is 6. The van der Waals surface area contributed by atoms with Crippen LogP contribution in [0.4, 0.5) is 4.79 Å². The highest BCUT2D eigenvalue weighted by molar-refractivity contribution is 5.91. The number of rotatable bonds is 10. The van der Waals surface area contributed by atoms with Crippen LogP contribution < -0.4 is 10.1 Å². The van der Waals surface area contributed by atoms with Crippen molar-refractivity contribution in [3.63, 3.8) is 0 Å².